The first kappa shape index (κ1) is 16.2. The van der Waals surface area contributed by atoms with Gasteiger partial charge in [-0.1, -0.05) is 17.8 Å². The summed E-state index contributed by atoms with van der Waals surface area (Å²) >= 11 is 1.66. The molecule has 1 fully saturated rings. The normalized spacial score (nSPS) is 14.8. The van der Waals surface area contributed by atoms with Crippen LogP contribution in [0.4, 0.5) is 5.95 Å². The summed E-state index contributed by atoms with van der Waals surface area (Å²) in [4.78, 5) is 6.38. The van der Waals surface area contributed by atoms with Gasteiger partial charge in [-0.05, 0) is 23.8 Å². The second-order valence-electron chi connectivity index (χ2n) is 5.70. The average molecular weight is 357 g/mol. The number of morpholine rings is 1. The van der Waals surface area contributed by atoms with Crippen LogP contribution in [0.5, 0.6) is 0 Å². The molecule has 0 saturated carbocycles. The maximum Gasteiger partial charge on any atom is 0.228 e. The summed E-state index contributed by atoms with van der Waals surface area (Å²) < 4.78 is 13.1. The zero-order chi connectivity index (χ0) is 16.9. The third-order valence-corrected chi connectivity index (χ3v) is 5.01. The predicted octanol–water partition coefficient (Wildman–Crippen LogP) is 2.44. The Morgan fingerprint density at radius 2 is 2.04 bits per heavy atom. The highest BCUT2D eigenvalue weighted by Gasteiger charge is 2.21. The minimum absolute atomic E-state index is 0.613. The van der Waals surface area contributed by atoms with E-state index in [1.54, 1.807) is 24.2 Å². The van der Waals surface area contributed by atoms with Crippen LogP contribution in [0.3, 0.4) is 0 Å². The van der Waals surface area contributed by atoms with Crippen LogP contribution in [0.15, 0.2) is 52.5 Å². The van der Waals surface area contributed by atoms with Crippen LogP contribution in [0.1, 0.15) is 11.3 Å². The second kappa shape index (κ2) is 7.71. The number of nitrogens with zero attached hydrogens (tertiary/aromatic N) is 5. The first-order valence-corrected chi connectivity index (χ1v) is 9.19. The number of ether oxygens (including phenoxy) is 1. The van der Waals surface area contributed by atoms with E-state index in [1.165, 1.54) is 0 Å². The Bertz CT molecular complexity index is 785. The molecule has 25 heavy (non-hydrogen) atoms. The van der Waals surface area contributed by atoms with Gasteiger partial charge in [-0.3, -0.25) is 9.55 Å². The Morgan fingerprint density at radius 3 is 2.80 bits per heavy atom. The molecular weight excluding hydrogens is 338 g/mol. The van der Waals surface area contributed by atoms with Crippen molar-refractivity contribution in [1.82, 2.24) is 19.7 Å². The topological polar surface area (TPSA) is 69.2 Å². The van der Waals surface area contributed by atoms with Crippen molar-refractivity contribution >= 4 is 17.7 Å². The SMILES string of the molecule is c1cncc(CSc2nnc(N3CCOCC3)n2Cc2ccco2)c1. The van der Waals surface area contributed by atoms with Crippen LogP contribution in [0.2, 0.25) is 0 Å². The third-order valence-electron chi connectivity index (χ3n) is 3.98. The highest BCUT2D eigenvalue weighted by Crippen LogP contribution is 2.26. The molecule has 0 radical (unpaired) electrons. The van der Waals surface area contributed by atoms with Crippen LogP contribution >= 0.6 is 11.8 Å². The van der Waals surface area contributed by atoms with E-state index in [4.69, 9.17) is 9.15 Å². The molecule has 1 aliphatic rings. The molecule has 1 aliphatic heterocycles. The number of anilines is 1. The summed E-state index contributed by atoms with van der Waals surface area (Å²) in [6, 6.07) is 7.88. The lowest BCUT2D eigenvalue weighted by Crippen LogP contribution is -2.38. The minimum atomic E-state index is 0.613. The van der Waals surface area contributed by atoms with Gasteiger partial charge in [-0.2, -0.15) is 0 Å². The van der Waals surface area contributed by atoms with Gasteiger partial charge >= 0.3 is 0 Å². The van der Waals surface area contributed by atoms with E-state index in [9.17, 15) is 0 Å². The summed E-state index contributed by atoms with van der Waals surface area (Å²) in [5, 5.41) is 9.73. The third kappa shape index (κ3) is 3.85. The van der Waals surface area contributed by atoms with Gasteiger partial charge in [0.25, 0.3) is 0 Å². The van der Waals surface area contributed by atoms with Gasteiger partial charge in [0.05, 0.1) is 26.0 Å². The first-order chi connectivity index (χ1) is 12.4. The number of thioether (sulfide) groups is 1. The van der Waals surface area contributed by atoms with Crippen molar-refractivity contribution in [1.29, 1.82) is 0 Å². The van der Waals surface area contributed by atoms with Crippen molar-refractivity contribution in [3.05, 3.63) is 54.2 Å². The zero-order valence-corrected chi connectivity index (χ0v) is 14.6. The van der Waals surface area contributed by atoms with Crippen LogP contribution in [-0.2, 0) is 17.0 Å². The number of aromatic nitrogens is 4. The van der Waals surface area contributed by atoms with Crippen molar-refractivity contribution in [3.63, 3.8) is 0 Å². The largest absolute Gasteiger partial charge is 0.467 e. The zero-order valence-electron chi connectivity index (χ0n) is 13.7. The predicted molar refractivity (Wildman–Crippen MR) is 94.7 cm³/mol. The van der Waals surface area contributed by atoms with Crippen molar-refractivity contribution in [2.75, 3.05) is 31.2 Å². The van der Waals surface area contributed by atoms with E-state index in [0.29, 0.717) is 19.8 Å². The maximum absolute atomic E-state index is 5.53. The molecule has 4 rings (SSSR count). The van der Waals surface area contributed by atoms with E-state index in [0.717, 1.165) is 41.3 Å². The molecule has 8 heteroatoms. The van der Waals surface area contributed by atoms with E-state index in [-0.39, 0.29) is 0 Å². The van der Waals surface area contributed by atoms with Crippen molar-refractivity contribution in [2.24, 2.45) is 0 Å². The Morgan fingerprint density at radius 1 is 1.12 bits per heavy atom. The standard InChI is InChI=1S/C17H19N5O2S/c1-3-14(11-18-5-1)13-25-17-20-19-16(21-6-9-23-10-7-21)22(17)12-15-4-2-8-24-15/h1-5,8,11H,6-7,9-10,12-13H2. The molecule has 0 aliphatic carbocycles. The summed E-state index contributed by atoms with van der Waals surface area (Å²) in [5.41, 5.74) is 1.16. The molecule has 0 amide bonds. The van der Waals surface area contributed by atoms with E-state index in [1.807, 2.05) is 24.4 Å². The van der Waals surface area contributed by atoms with Crippen LogP contribution in [-0.4, -0.2) is 46.1 Å². The molecule has 1 saturated heterocycles. The molecule has 3 aromatic heterocycles. The molecule has 0 spiro atoms. The van der Waals surface area contributed by atoms with Crippen molar-refractivity contribution < 1.29 is 9.15 Å². The fourth-order valence-corrected chi connectivity index (χ4v) is 3.58. The molecule has 4 heterocycles. The van der Waals surface area contributed by atoms with Crippen molar-refractivity contribution in [2.45, 2.75) is 17.5 Å². The maximum atomic E-state index is 5.53. The second-order valence-corrected chi connectivity index (χ2v) is 6.64. The monoisotopic (exact) mass is 357 g/mol. The summed E-state index contributed by atoms with van der Waals surface area (Å²) in [5.74, 6) is 2.55. The lowest BCUT2D eigenvalue weighted by atomic mass is 10.3. The molecule has 3 aromatic rings. The molecule has 130 valence electrons. The minimum Gasteiger partial charge on any atom is -0.467 e. The van der Waals surface area contributed by atoms with E-state index in [2.05, 4.69) is 30.7 Å². The van der Waals surface area contributed by atoms with Gasteiger partial charge in [0.1, 0.15) is 5.76 Å². The molecule has 0 unspecified atom stereocenters. The highest BCUT2D eigenvalue weighted by molar-refractivity contribution is 7.98. The molecule has 0 aromatic carbocycles. The Labute approximate surface area is 150 Å². The number of hydrogen-bond acceptors (Lipinski definition) is 7. The summed E-state index contributed by atoms with van der Waals surface area (Å²) in [6.45, 7) is 3.69. The van der Waals surface area contributed by atoms with E-state index < -0.39 is 0 Å². The fraction of sp³-hybridized carbons (Fsp3) is 0.353. The Kier molecular flexibility index (Phi) is 4.98. The number of rotatable bonds is 6. The average Bonchev–Trinajstić information content (AvgIpc) is 3.32. The van der Waals surface area contributed by atoms with Gasteiger partial charge in [0, 0.05) is 31.2 Å². The van der Waals surface area contributed by atoms with Crippen molar-refractivity contribution in [3.8, 4) is 0 Å². The fourth-order valence-electron chi connectivity index (χ4n) is 2.71. The highest BCUT2D eigenvalue weighted by atomic mass is 32.2. The first-order valence-electron chi connectivity index (χ1n) is 8.20. The van der Waals surface area contributed by atoms with Gasteiger partial charge in [0.15, 0.2) is 5.16 Å². The van der Waals surface area contributed by atoms with E-state index >= 15 is 0 Å². The Balaban J connectivity index is 1.57. The molecule has 0 bridgehead atoms. The smallest absolute Gasteiger partial charge is 0.228 e. The molecular formula is C17H19N5O2S. The van der Waals surface area contributed by atoms with Gasteiger partial charge in [-0.25, -0.2) is 0 Å². The van der Waals surface area contributed by atoms with Gasteiger partial charge < -0.3 is 14.1 Å². The van der Waals surface area contributed by atoms with Crippen LogP contribution in [0.25, 0.3) is 0 Å². The van der Waals surface area contributed by atoms with Gasteiger partial charge in [-0.15, -0.1) is 10.2 Å². The number of furan rings is 1. The molecule has 7 nitrogen and oxygen atoms in total. The quantitative estimate of drug-likeness (QED) is 0.628. The van der Waals surface area contributed by atoms with Crippen LogP contribution < -0.4 is 4.90 Å². The van der Waals surface area contributed by atoms with Crippen LogP contribution in [0, 0.1) is 0 Å². The summed E-state index contributed by atoms with van der Waals surface area (Å²) in [7, 11) is 0. The van der Waals surface area contributed by atoms with Gasteiger partial charge in [0.2, 0.25) is 5.95 Å². The number of pyridine rings is 1. The molecule has 0 atom stereocenters. The summed E-state index contributed by atoms with van der Waals surface area (Å²) in [6.07, 6.45) is 5.35. The lowest BCUT2D eigenvalue weighted by molar-refractivity contribution is 0.121. The number of hydrogen-bond donors (Lipinski definition) is 0. The lowest BCUT2D eigenvalue weighted by Gasteiger charge is -2.27. The molecule has 0 N–H and O–H groups in total. The Hall–Kier alpha value is -2.32.